The summed E-state index contributed by atoms with van der Waals surface area (Å²) in [6.45, 7) is 4.27. The molecule has 0 aromatic heterocycles. The Balaban J connectivity index is 1.35. The Morgan fingerprint density at radius 3 is 2.72 bits per heavy atom. The van der Waals surface area contributed by atoms with Crippen LogP contribution >= 0.6 is 0 Å². The molecular weight excluding hydrogens is 318 g/mol. The minimum atomic E-state index is -0.233. The van der Waals surface area contributed by atoms with Gasteiger partial charge in [-0.1, -0.05) is 18.2 Å². The van der Waals surface area contributed by atoms with Crippen molar-refractivity contribution in [2.75, 3.05) is 24.5 Å². The fourth-order valence-electron chi connectivity index (χ4n) is 4.44. The highest BCUT2D eigenvalue weighted by molar-refractivity contribution is 6.01. The molecule has 3 heterocycles. The number of nitrogens with zero attached hydrogens (tertiary/aromatic N) is 2. The number of benzene rings is 1. The first kappa shape index (κ1) is 16.5. The Morgan fingerprint density at radius 1 is 1.20 bits per heavy atom. The third kappa shape index (κ3) is 3.28. The second-order valence-corrected chi connectivity index (χ2v) is 7.23. The number of nitrogens with one attached hydrogen (secondary N) is 1. The maximum Gasteiger partial charge on any atom is 0.304 e. The lowest BCUT2D eigenvalue weighted by Crippen LogP contribution is -2.49. The van der Waals surface area contributed by atoms with E-state index in [1.807, 2.05) is 17.0 Å². The van der Waals surface area contributed by atoms with Crippen molar-refractivity contribution < 1.29 is 14.3 Å². The number of para-hydroxylation sites is 1. The summed E-state index contributed by atoms with van der Waals surface area (Å²) in [5.74, 6) is 0.000162. The molecule has 3 aliphatic rings. The summed E-state index contributed by atoms with van der Waals surface area (Å²) in [6, 6.07) is 8.85. The van der Waals surface area contributed by atoms with Crippen LogP contribution in [-0.2, 0) is 20.7 Å². The topological polar surface area (TPSA) is 61.9 Å². The highest BCUT2D eigenvalue weighted by atomic mass is 16.6. The van der Waals surface area contributed by atoms with Crippen LogP contribution in [0, 0.1) is 0 Å². The zero-order valence-corrected chi connectivity index (χ0v) is 14.6. The number of esters is 1. The average Bonchev–Trinajstić information content (AvgIpc) is 3.18. The highest BCUT2D eigenvalue weighted by Crippen LogP contribution is 2.33. The van der Waals surface area contributed by atoms with Crippen molar-refractivity contribution in [2.24, 2.45) is 0 Å². The van der Waals surface area contributed by atoms with Crippen molar-refractivity contribution in [3.8, 4) is 0 Å². The molecule has 25 heavy (non-hydrogen) atoms. The summed E-state index contributed by atoms with van der Waals surface area (Å²) in [5, 5.41) is 3.27. The zero-order chi connectivity index (χ0) is 17.4. The van der Waals surface area contributed by atoms with Crippen molar-refractivity contribution in [3.63, 3.8) is 0 Å². The van der Waals surface area contributed by atoms with E-state index in [1.54, 1.807) is 0 Å². The maximum atomic E-state index is 12.5. The molecule has 0 bridgehead atoms. The number of carbonyl (C=O) groups is 2. The van der Waals surface area contributed by atoms with E-state index in [1.165, 1.54) is 6.92 Å². The number of amides is 1. The van der Waals surface area contributed by atoms with Gasteiger partial charge >= 0.3 is 5.97 Å². The van der Waals surface area contributed by atoms with Crippen LogP contribution in [0.4, 0.5) is 5.69 Å². The van der Waals surface area contributed by atoms with Gasteiger partial charge in [0, 0.05) is 50.7 Å². The molecule has 2 saturated heterocycles. The number of piperidine rings is 1. The summed E-state index contributed by atoms with van der Waals surface area (Å²) >= 11 is 0. The number of rotatable bonds is 3. The van der Waals surface area contributed by atoms with E-state index in [0.717, 1.165) is 50.1 Å². The Bertz CT molecular complexity index is 670. The molecule has 134 valence electrons. The third-order valence-corrected chi connectivity index (χ3v) is 5.62. The summed E-state index contributed by atoms with van der Waals surface area (Å²) in [7, 11) is 0. The second-order valence-electron chi connectivity index (χ2n) is 7.23. The first-order chi connectivity index (χ1) is 12.1. The number of fused-ring (bicyclic) bond motifs is 1. The average molecular weight is 343 g/mol. The fourth-order valence-corrected chi connectivity index (χ4v) is 4.44. The fraction of sp³-hybridized carbons (Fsp3) is 0.579. The van der Waals surface area contributed by atoms with E-state index in [4.69, 9.17) is 4.74 Å². The van der Waals surface area contributed by atoms with Gasteiger partial charge in [0.05, 0.1) is 6.42 Å². The summed E-state index contributed by atoms with van der Waals surface area (Å²) in [4.78, 5) is 28.1. The smallest absolute Gasteiger partial charge is 0.304 e. The van der Waals surface area contributed by atoms with Gasteiger partial charge < -0.3 is 9.64 Å². The predicted molar refractivity (Wildman–Crippen MR) is 94.2 cm³/mol. The minimum Gasteiger partial charge on any atom is -0.447 e. The summed E-state index contributed by atoms with van der Waals surface area (Å²) in [5.41, 5.74) is 2.25. The molecule has 1 amide bonds. The van der Waals surface area contributed by atoms with E-state index < -0.39 is 0 Å². The van der Waals surface area contributed by atoms with E-state index in [-0.39, 0.29) is 18.1 Å². The van der Waals surface area contributed by atoms with Crippen LogP contribution in [0.5, 0.6) is 0 Å². The van der Waals surface area contributed by atoms with Gasteiger partial charge in [0.1, 0.15) is 0 Å². The van der Waals surface area contributed by atoms with Gasteiger partial charge in [0.25, 0.3) is 0 Å². The molecular formula is C19H25N3O3. The summed E-state index contributed by atoms with van der Waals surface area (Å²) < 4.78 is 5.26. The Hall–Kier alpha value is -1.92. The molecule has 1 N–H and O–H groups in total. The second kappa shape index (κ2) is 6.77. The predicted octanol–water partition coefficient (Wildman–Crippen LogP) is 1.29. The molecule has 2 unspecified atom stereocenters. The van der Waals surface area contributed by atoms with Crippen molar-refractivity contribution in [2.45, 2.75) is 50.9 Å². The van der Waals surface area contributed by atoms with Crippen LogP contribution in [0.2, 0.25) is 0 Å². The summed E-state index contributed by atoms with van der Waals surface area (Å²) in [6.07, 6.45) is 3.21. The van der Waals surface area contributed by atoms with Gasteiger partial charge in [0.2, 0.25) is 5.91 Å². The van der Waals surface area contributed by atoms with E-state index >= 15 is 0 Å². The number of hydrogen-bond donors (Lipinski definition) is 1. The van der Waals surface area contributed by atoms with E-state index in [9.17, 15) is 9.59 Å². The monoisotopic (exact) mass is 343 g/mol. The standard InChI is InChI=1S/C19H25N3O3/c1-13(23)25-18-11-16(12-20-18)21-8-6-15(7-9-21)22-17-5-3-2-4-14(17)10-19(22)24/h2-5,15-16,18,20H,6-12H2,1H3. The molecule has 2 atom stereocenters. The van der Waals surface area contributed by atoms with Crippen LogP contribution in [0.25, 0.3) is 0 Å². The number of ether oxygens (including phenoxy) is 1. The molecule has 0 spiro atoms. The Morgan fingerprint density at radius 2 is 1.96 bits per heavy atom. The van der Waals surface area contributed by atoms with Gasteiger partial charge in [0.15, 0.2) is 6.23 Å². The lowest BCUT2D eigenvalue weighted by atomic mass is 10.0. The van der Waals surface area contributed by atoms with Crippen LogP contribution in [0.1, 0.15) is 31.7 Å². The van der Waals surface area contributed by atoms with E-state index in [0.29, 0.717) is 18.5 Å². The Labute approximate surface area is 148 Å². The molecule has 6 heteroatoms. The zero-order valence-electron chi connectivity index (χ0n) is 14.6. The normalized spacial score (nSPS) is 27.6. The van der Waals surface area contributed by atoms with Gasteiger partial charge in [-0.25, -0.2) is 0 Å². The molecule has 0 aliphatic carbocycles. The molecule has 6 nitrogen and oxygen atoms in total. The largest absolute Gasteiger partial charge is 0.447 e. The molecule has 0 saturated carbocycles. The third-order valence-electron chi connectivity index (χ3n) is 5.62. The van der Waals surface area contributed by atoms with Gasteiger partial charge in [-0.05, 0) is 24.5 Å². The van der Waals surface area contributed by atoms with Gasteiger partial charge in [-0.15, -0.1) is 0 Å². The molecule has 1 aromatic carbocycles. The number of hydrogen-bond acceptors (Lipinski definition) is 5. The quantitative estimate of drug-likeness (QED) is 0.838. The van der Waals surface area contributed by atoms with Crippen molar-refractivity contribution in [1.29, 1.82) is 0 Å². The van der Waals surface area contributed by atoms with Crippen molar-refractivity contribution >= 4 is 17.6 Å². The van der Waals surface area contributed by atoms with Gasteiger partial charge in [-0.3, -0.25) is 19.8 Å². The van der Waals surface area contributed by atoms with Gasteiger partial charge in [-0.2, -0.15) is 0 Å². The highest BCUT2D eigenvalue weighted by Gasteiger charge is 2.37. The lowest BCUT2D eigenvalue weighted by molar-refractivity contribution is -0.147. The number of carbonyl (C=O) groups excluding carboxylic acids is 2. The van der Waals surface area contributed by atoms with E-state index in [2.05, 4.69) is 22.3 Å². The first-order valence-corrected chi connectivity index (χ1v) is 9.16. The molecule has 1 aromatic rings. The number of likely N-dealkylation sites (tertiary alicyclic amines) is 1. The molecule has 2 fully saturated rings. The van der Waals surface area contributed by atoms with Crippen molar-refractivity contribution in [3.05, 3.63) is 29.8 Å². The van der Waals surface area contributed by atoms with Crippen molar-refractivity contribution in [1.82, 2.24) is 10.2 Å². The van der Waals surface area contributed by atoms with Crippen LogP contribution in [0.15, 0.2) is 24.3 Å². The Kier molecular flexibility index (Phi) is 4.48. The SMILES string of the molecule is CC(=O)OC1CC(N2CCC(N3C(=O)Cc4ccccc43)CC2)CN1. The lowest BCUT2D eigenvalue weighted by Gasteiger charge is -2.39. The molecule has 4 rings (SSSR count). The first-order valence-electron chi connectivity index (χ1n) is 9.16. The van der Waals surface area contributed by atoms with Crippen LogP contribution in [-0.4, -0.2) is 54.7 Å². The molecule has 0 radical (unpaired) electrons. The number of anilines is 1. The van der Waals surface area contributed by atoms with Crippen LogP contribution < -0.4 is 10.2 Å². The van der Waals surface area contributed by atoms with Crippen LogP contribution in [0.3, 0.4) is 0 Å². The minimum absolute atomic E-state index is 0.160. The molecule has 3 aliphatic heterocycles. The maximum absolute atomic E-state index is 12.5.